The Morgan fingerprint density at radius 3 is 2.50 bits per heavy atom. The zero-order chi connectivity index (χ0) is 9.14. The maximum Gasteiger partial charge on any atom is 0.0215 e. The van der Waals surface area contributed by atoms with Gasteiger partial charge in [0.05, 0.1) is 0 Å². The van der Waals surface area contributed by atoms with Crippen molar-refractivity contribution in [1.29, 1.82) is 0 Å². The van der Waals surface area contributed by atoms with Crippen LogP contribution in [0.15, 0.2) is 29.3 Å². The molecule has 0 unspecified atom stereocenters. The van der Waals surface area contributed by atoms with Gasteiger partial charge in [-0.05, 0) is 23.1 Å². The van der Waals surface area contributed by atoms with E-state index in [1.54, 1.807) is 0 Å². The highest BCUT2D eigenvalue weighted by atomic mass is 79.9. The molecule has 1 heteroatoms. The first-order valence-electron chi connectivity index (χ1n) is 4.07. The van der Waals surface area contributed by atoms with Gasteiger partial charge < -0.3 is 0 Å². The van der Waals surface area contributed by atoms with E-state index in [4.69, 9.17) is 0 Å². The van der Waals surface area contributed by atoms with Crippen LogP contribution >= 0.6 is 15.9 Å². The minimum Gasteiger partial charge on any atom is -0.0985 e. The van der Waals surface area contributed by atoms with Crippen LogP contribution in [0, 0.1) is 0 Å². The molecular weight excluding hydrogens is 212 g/mol. The summed E-state index contributed by atoms with van der Waals surface area (Å²) in [6.07, 6.45) is 1.86. The number of benzene rings is 1. The van der Waals surface area contributed by atoms with Crippen LogP contribution in [0.3, 0.4) is 0 Å². The average molecular weight is 225 g/mol. The van der Waals surface area contributed by atoms with Gasteiger partial charge in [0.15, 0.2) is 0 Å². The van der Waals surface area contributed by atoms with E-state index in [0.717, 1.165) is 5.56 Å². The van der Waals surface area contributed by atoms with Crippen LogP contribution in [-0.2, 0) is 0 Å². The van der Waals surface area contributed by atoms with Crippen LogP contribution in [0.1, 0.15) is 30.9 Å². The second-order valence-electron chi connectivity index (χ2n) is 3.14. The highest BCUT2D eigenvalue weighted by molar-refractivity contribution is 9.10. The quantitative estimate of drug-likeness (QED) is 0.706. The van der Waals surface area contributed by atoms with Gasteiger partial charge in [0.1, 0.15) is 0 Å². The van der Waals surface area contributed by atoms with E-state index in [1.165, 1.54) is 10.0 Å². The first-order chi connectivity index (χ1) is 5.65. The molecule has 12 heavy (non-hydrogen) atoms. The molecule has 0 amide bonds. The second kappa shape index (κ2) is 3.90. The zero-order valence-corrected chi connectivity index (χ0v) is 9.06. The molecule has 0 saturated heterocycles. The van der Waals surface area contributed by atoms with Crippen molar-refractivity contribution < 1.29 is 0 Å². The molecule has 0 atom stereocenters. The van der Waals surface area contributed by atoms with Crippen LogP contribution in [0.25, 0.3) is 6.08 Å². The molecule has 0 bridgehead atoms. The Morgan fingerprint density at radius 2 is 2.08 bits per heavy atom. The molecule has 0 spiro atoms. The molecule has 0 aliphatic heterocycles. The Hall–Kier alpha value is -0.560. The fourth-order valence-electron chi connectivity index (χ4n) is 1.14. The first kappa shape index (κ1) is 9.53. The monoisotopic (exact) mass is 224 g/mol. The van der Waals surface area contributed by atoms with Crippen LogP contribution in [0.2, 0.25) is 0 Å². The Morgan fingerprint density at radius 1 is 1.42 bits per heavy atom. The van der Waals surface area contributed by atoms with Gasteiger partial charge in [0.25, 0.3) is 0 Å². The van der Waals surface area contributed by atoms with Crippen LogP contribution in [0.5, 0.6) is 0 Å². The lowest BCUT2D eigenvalue weighted by Crippen LogP contribution is -1.88. The van der Waals surface area contributed by atoms with Crippen molar-refractivity contribution in [2.24, 2.45) is 0 Å². The van der Waals surface area contributed by atoms with Crippen LogP contribution < -0.4 is 0 Å². The molecule has 0 heterocycles. The molecule has 0 aliphatic carbocycles. The van der Waals surface area contributed by atoms with Crippen molar-refractivity contribution in [3.05, 3.63) is 40.4 Å². The summed E-state index contributed by atoms with van der Waals surface area (Å²) in [4.78, 5) is 0. The van der Waals surface area contributed by atoms with E-state index in [-0.39, 0.29) is 0 Å². The molecule has 1 aromatic rings. The fourth-order valence-corrected chi connectivity index (χ4v) is 1.99. The summed E-state index contributed by atoms with van der Waals surface area (Å²) in [6, 6.07) is 6.33. The van der Waals surface area contributed by atoms with E-state index in [1.807, 2.05) is 6.08 Å². The summed E-state index contributed by atoms with van der Waals surface area (Å²) in [5.74, 6) is 0.568. The molecule has 0 N–H and O–H groups in total. The maximum atomic E-state index is 3.73. The molecule has 0 aliphatic rings. The van der Waals surface area contributed by atoms with Gasteiger partial charge in [-0.1, -0.05) is 54.6 Å². The van der Waals surface area contributed by atoms with E-state index in [0.29, 0.717) is 5.92 Å². The summed E-state index contributed by atoms with van der Waals surface area (Å²) in [7, 11) is 0. The first-order valence-corrected chi connectivity index (χ1v) is 4.86. The van der Waals surface area contributed by atoms with E-state index >= 15 is 0 Å². The van der Waals surface area contributed by atoms with E-state index in [9.17, 15) is 0 Å². The average Bonchev–Trinajstić information content (AvgIpc) is 2.03. The van der Waals surface area contributed by atoms with Gasteiger partial charge in [-0.15, -0.1) is 0 Å². The summed E-state index contributed by atoms with van der Waals surface area (Å²) in [5, 5.41) is 0. The maximum absolute atomic E-state index is 3.73. The fraction of sp³-hybridized carbons (Fsp3) is 0.273. The Kier molecular flexibility index (Phi) is 3.10. The summed E-state index contributed by atoms with van der Waals surface area (Å²) in [5.41, 5.74) is 2.51. The highest BCUT2D eigenvalue weighted by Gasteiger charge is 2.03. The lowest BCUT2D eigenvalue weighted by molar-refractivity contribution is 0.861. The number of rotatable bonds is 2. The van der Waals surface area contributed by atoms with Gasteiger partial charge in [0, 0.05) is 4.47 Å². The van der Waals surface area contributed by atoms with Gasteiger partial charge in [-0.3, -0.25) is 0 Å². The Bertz CT molecular complexity index is 287. The summed E-state index contributed by atoms with van der Waals surface area (Å²) >= 11 is 3.54. The van der Waals surface area contributed by atoms with Crippen molar-refractivity contribution in [3.63, 3.8) is 0 Å². The zero-order valence-electron chi connectivity index (χ0n) is 7.47. The summed E-state index contributed by atoms with van der Waals surface area (Å²) < 4.78 is 1.18. The molecule has 0 nitrogen and oxygen atoms in total. The van der Waals surface area contributed by atoms with Gasteiger partial charge in [0.2, 0.25) is 0 Å². The van der Waals surface area contributed by atoms with Gasteiger partial charge >= 0.3 is 0 Å². The summed E-state index contributed by atoms with van der Waals surface area (Å²) in [6.45, 7) is 8.10. The van der Waals surface area contributed by atoms with Crippen molar-refractivity contribution in [1.82, 2.24) is 0 Å². The SMILES string of the molecule is C=Cc1ccc(C(C)C)c(Br)c1. The lowest BCUT2D eigenvalue weighted by atomic mass is 10.0. The Balaban J connectivity index is 3.11. The standard InChI is InChI=1S/C11H13Br/c1-4-9-5-6-10(8(2)3)11(12)7-9/h4-8H,1H2,2-3H3. The molecule has 64 valence electrons. The van der Waals surface area contributed by atoms with Gasteiger partial charge in [-0.25, -0.2) is 0 Å². The molecule has 1 rings (SSSR count). The third-order valence-corrected chi connectivity index (χ3v) is 2.57. The third-order valence-electron chi connectivity index (χ3n) is 1.88. The molecule has 1 aromatic carbocycles. The predicted molar refractivity (Wildman–Crippen MR) is 58.3 cm³/mol. The topological polar surface area (TPSA) is 0 Å². The minimum absolute atomic E-state index is 0.568. The second-order valence-corrected chi connectivity index (χ2v) is 3.99. The van der Waals surface area contributed by atoms with Crippen LogP contribution in [0.4, 0.5) is 0 Å². The third kappa shape index (κ3) is 1.98. The molecule has 0 aromatic heterocycles. The van der Waals surface area contributed by atoms with Crippen molar-refractivity contribution in [2.45, 2.75) is 19.8 Å². The van der Waals surface area contributed by atoms with Gasteiger partial charge in [-0.2, -0.15) is 0 Å². The minimum atomic E-state index is 0.568. The van der Waals surface area contributed by atoms with Crippen molar-refractivity contribution >= 4 is 22.0 Å². The van der Waals surface area contributed by atoms with E-state index < -0.39 is 0 Å². The largest absolute Gasteiger partial charge is 0.0985 e. The normalized spacial score (nSPS) is 10.3. The molecule has 0 saturated carbocycles. The number of hydrogen-bond donors (Lipinski definition) is 0. The van der Waals surface area contributed by atoms with Crippen LogP contribution in [-0.4, -0.2) is 0 Å². The van der Waals surface area contributed by atoms with Crippen molar-refractivity contribution in [3.8, 4) is 0 Å². The molecule has 0 radical (unpaired) electrons. The highest BCUT2D eigenvalue weighted by Crippen LogP contribution is 2.25. The predicted octanol–water partition coefficient (Wildman–Crippen LogP) is 4.22. The number of hydrogen-bond acceptors (Lipinski definition) is 0. The smallest absolute Gasteiger partial charge is 0.0215 e. The lowest BCUT2D eigenvalue weighted by Gasteiger charge is -2.08. The molecular formula is C11H13Br. The van der Waals surface area contributed by atoms with E-state index in [2.05, 4.69) is 54.6 Å². The molecule has 0 fully saturated rings. The Labute approximate surface area is 82.4 Å². The van der Waals surface area contributed by atoms with Crippen molar-refractivity contribution in [2.75, 3.05) is 0 Å². The number of halogens is 1.